The number of ether oxygens (including phenoxy) is 1. The molecule has 1 aliphatic rings. The topological polar surface area (TPSA) is 26.3 Å². The number of carbonyl (C=O) groups excluding carboxylic acids is 1. The predicted octanol–water partition coefficient (Wildman–Crippen LogP) is 11.6. The maximum Gasteiger partial charge on any atom is 0.158 e. The molecule has 0 bridgehead atoms. The molecule has 0 unspecified atom stereocenters. The zero-order valence-corrected chi connectivity index (χ0v) is 28.8. The van der Waals surface area contributed by atoms with Gasteiger partial charge < -0.3 is 4.74 Å². The second-order valence-electron chi connectivity index (χ2n) is 12.8. The van der Waals surface area contributed by atoms with Crippen molar-refractivity contribution in [3.05, 3.63) is 142 Å². The normalized spacial score (nSPS) is 18.9. The van der Waals surface area contributed by atoms with E-state index >= 15 is 0 Å². The highest BCUT2D eigenvalue weighted by molar-refractivity contribution is 5.97. The number of ketones is 1. The highest BCUT2D eigenvalue weighted by Crippen LogP contribution is 2.39. The summed E-state index contributed by atoms with van der Waals surface area (Å²) in [5.41, 5.74) is 7.90. The van der Waals surface area contributed by atoms with Gasteiger partial charge >= 0.3 is 0 Å². The summed E-state index contributed by atoms with van der Waals surface area (Å²) in [5, 5.41) is 0. The van der Waals surface area contributed by atoms with Crippen molar-refractivity contribution in [3.63, 3.8) is 0 Å². The predicted molar refractivity (Wildman–Crippen MR) is 190 cm³/mol. The second-order valence-corrected chi connectivity index (χ2v) is 12.8. The van der Waals surface area contributed by atoms with Gasteiger partial charge in [-0.3, -0.25) is 4.79 Å². The molecule has 1 aliphatic carbocycles. The fourth-order valence-corrected chi connectivity index (χ4v) is 4.33. The minimum atomic E-state index is -0.126. The lowest BCUT2D eigenvalue weighted by Crippen LogP contribution is -2.24. The lowest BCUT2D eigenvalue weighted by atomic mass is 9.72. The first-order chi connectivity index (χ1) is 20.2. The Morgan fingerprint density at radius 2 is 1.14 bits per heavy atom. The maximum absolute atomic E-state index is 12.2. The fourth-order valence-electron chi connectivity index (χ4n) is 4.33. The van der Waals surface area contributed by atoms with E-state index in [1.165, 1.54) is 22.3 Å². The van der Waals surface area contributed by atoms with E-state index in [0.29, 0.717) is 6.42 Å². The molecule has 1 rings (SSSR count). The first-order valence-corrected chi connectivity index (χ1v) is 15.4. The number of hydrogen-bond donors (Lipinski definition) is 0. The van der Waals surface area contributed by atoms with Crippen LogP contribution < -0.4 is 0 Å². The number of rotatable bonds is 14. The first-order valence-electron chi connectivity index (χ1n) is 15.4. The van der Waals surface area contributed by atoms with Crippen LogP contribution in [0.5, 0.6) is 0 Å². The van der Waals surface area contributed by atoms with Gasteiger partial charge in [0.25, 0.3) is 0 Å². The van der Waals surface area contributed by atoms with Crippen LogP contribution >= 0.6 is 0 Å². The highest BCUT2D eigenvalue weighted by Gasteiger charge is 2.30. The van der Waals surface area contributed by atoms with Crippen LogP contribution in [0.1, 0.15) is 88.5 Å². The van der Waals surface area contributed by atoms with Gasteiger partial charge in [-0.05, 0) is 84.8 Å². The van der Waals surface area contributed by atoms with E-state index in [-0.39, 0.29) is 16.8 Å². The largest absolute Gasteiger partial charge is 0.378 e. The number of hydrogen-bond acceptors (Lipinski definition) is 2. The van der Waals surface area contributed by atoms with E-state index in [9.17, 15) is 4.79 Å². The molecule has 0 aromatic rings. The molecule has 0 spiro atoms. The first kappa shape index (κ1) is 37.5. The third-order valence-corrected chi connectivity index (χ3v) is 7.57. The van der Waals surface area contributed by atoms with E-state index in [4.69, 9.17) is 4.74 Å². The molecule has 0 aromatic heterocycles. The number of allylic oxidation sites excluding steroid dienone is 23. The quantitative estimate of drug-likeness (QED) is 0.191. The van der Waals surface area contributed by atoms with Gasteiger partial charge in [0.15, 0.2) is 5.78 Å². The molecule has 0 aromatic carbocycles. The summed E-state index contributed by atoms with van der Waals surface area (Å²) >= 11 is 0. The standard InChI is InChI=1S/C41H56O2/c1-32(20-14-22-34(3)23-15-24-35(4)26-17-30-41(9,10)43-11)18-12-13-19-33(2)21-16-25-36(5)27-28-38-37(6)39(42)29-31-40(38,7)8/h12-28H,29-31H2,1-11H3. The van der Waals surface area contributed by atoms with E-state index in [1.54, 1.807) is 7.11 Å². The van der Waals surface area contributed by atoms with Crippen molar-refractivity contribution in [2.75, 3.05) is 7.11 Å². The number of methoxy groups -OCH3 is 1. The molecule has 232 valence electrons. The molecule has 0 fully saturated rings. The number of carbonyl (C=O) groups is 1. The Labute approximate surface area is 263 Å². The average Bonchev–Trinajstić information content (AvgIpc) is 2.93. The summed E-state index contributed by atoms with van der Waals surface area (Å²) < 4.78 is 5.45. The van der Waals surface area contributed by atoms with Crippen LogP contribution in [-0.2, 0) is 9.53 Å². The number of Topliss-reactive ketones (excluding diaryl/α,β-unsaturated/α-hetero) is 1. The summed E-state index contributed by atoms with van der Waals surface area (Å²) in [7, 11) is 1.75. The van der Waals surface area contributed by atoms with Crippen molar-refractivity contribution in [1.82, 2.24) is 0 Å². The molecule has 0 heterocycles. The Morgan fingerprint density at radius 1 is 0.721 bits per heavy atom. The van der Waals surface area contributed by atoms with Gasteiger partial charge in [0, 0.05) is 13.5 Å². The molecule has 0 atom stereocenters. The average molecular weight is 581 g/mol. The van der Waals surface area contributed by atoms with E-state index < -0.39 is 0 Å². The van der Waals surface area contributed by atoms with Crippen LogP contribution in [0.3, 0.4) is 0 Å². The van der Waals surface area contributed by atoms with Crippen molar-refractivity contribution in [3.8, 4) is 0 Å². The van der Waals surface area contributed by atoms with Crippen LogP contribution in [0.4, 0.5) is 0 Å². The maximum atomic E-state index is 12.2. The van der Waals surface area contributed by atoms with Crippen LogP contribution in [0.2, 0.25) is 0 Å². The lowest BCUT2D eigenvalue weighted by Gasteiger charge is -2.32. The summed E-state index contributed by atoms with van der Waals surface area (Å²) in [4.78, 5) is 12.2. The fraction of sp³-hybridized carbons (Fsp3) is 0.390. The van der Waals surface area contributed by atoms with Gasteiger partial charge in [0.1, 0.15) is 0 Å². The van der Waals surface area contributed by atoms with Gasteiger partial charge in [-0.2, -0.15) is 0 Å². The van der Waals surface area contributed by atoms with Gasteiger partial charge in [-0.15, -0.1) is 0 Å². The van der Waals surface area contributed by atoms with Crippen LogP contribution in [0.25, 0.3) is 0 Å². The van der Waals surface area contributed by atoms with Gasteiger partial charge in [-0.1, -0.05) is 145 Å². The highest BCUT2D eigenvalue weighted by atomic mass is 16.5. The molecule has 0 amide bonds. The molecule has 2 heteroatoms. The van der Waals surface area contributed by atoms with Crippen molar-refractivity contribution >= 4 is 5.78 Å². The van der Waals surface area contributed by atoms with Gasteiger partial charge in [0.2, 0.25) is 0 Å². The van der Waals surface area contributed by atoms with Gasteiger partial charge in [-0.25, -0.2) is 0 Å². The van der Waals surface area contributed by atoms with E-state index in [1.807, 2.05) is 6.92 Å². The van der Waals surface area contributed by atoms with Crippen molar-refractivity contribution in [2.45, 2.75) is 94.1 Å². The Kier molecular flexibility index (Phi) is 16.5. The molecule has 43 heavy (non-hydrogen) atoms. The van der Waals surface area contributed by atoms with Crippen molar-refractivity contribution < 1.29 is 9.53 Å². The summed E-state index contributed by atoms with van der Waals surface area (Å²) in [6, 6.07) is 0. The van der Waals surface area contributed by atoms with Gasteiger partial charge in [0.05, 0.1) is 5.60 Å². The molecule has 0 radical (unpaired) electrons. The second kappa shape index (κ2) is 18.9. The monoisotopic (exact) mass is 580 g/mol. The molecule has 0 saturated heterocycles. The lowest BCUT2D eigenvalue weighted by molar-refractivity contribution is -0.116. The third-order valence-electron chi connectivity index (χ3n) is 7.57. The van der Waals surface area contributed by atoms with Crippen LogP contribution in [-0.4, -0.2) is 18.5 Å². The summed E-state index contributed by atoms with van der Waals surface area (Å²) in [6.07, 6.45) is 38.2. The van der Waals surface area contributed by atoms with Crippen LogP contribution in [0.15, 0.2) is 142 Å². The Hall–Kier alpha value is -3.49. The molecule has 0 saturated carbocycles. The Balaban J connectivity index is 2.63. The smallest absolute Gasteiger partial charge is 0.158 e. The summed E-state index contributed by atoms with van der Waals surface area (Å²) in [5.74, 6) is 0.275. The third kappa shape index (κ3) is 16.1. The SMILES string of the molecule is COC(C)(C)CC=CC(C)=CC=CC(C)=CC=CC(C)=CC=CC=C(C)C=CC=C(C)C=CC1=C(C)C(=O)CCC1(C)C. The molecule has 0 N–H and O–H groups in total. The minimum Gasteiger partial charge on any atom is -0.378 e. The molecular formula is C41H56O2. The van der Waals surface area contributed by atoms with Crippen molar-refractivity contribution in [2.24, 2.45) is 5.41 Å². The zero-order valence-electron chi connectivity index (χ0n) is 28.8. The van der Waals surface area contributed by atoms with E-state index in [2.05, 4.69) is 166 Å². The Bertz CT molecular complexity index is 1320. The molecule has 2 nitrogen and oxygen atoms in total. The summed E-state index contributed by atoms with van der Waals surface area (Å²) in [6.45, 7) is 21.1. The minimum absolute atomic E-state index is 0.0450. The molecular weight excluding hydrogens is 524 g/mol. The van der Waals surface area contributed by atoms with E-state index in [0.717, 1.165) is 29.6 Å². The van der Waals surface area contributed by atoms with Crippen molar-refractivity contribution in [1.29, 1.82) is 0 Å². The van der Waals surface area contributed by atoms with Crippen LogP contribution in [0, 0.1) is 5.41 Å². The Morgan fingerprint density at radius 3 is 1.60 bits per heavy atom. The molecule has 0 aliphatic heterocycles. The zero-order chi connectivity index (χ0) is 32.5.